The molecule has 0 aromatic carbocycles. The highest BCUT2D eigenvalue weighted by atomic mass is 32.2. The van der Waals surface area contributed by atoms with Gasteiger partial charge in [-0.15, -0.1) is 0 Å². The molecule has 2 unspecified atom stereocenters. The van der Waals surface area contributed by atoms with Crippen molar-refractivity contribution in [2.45, 2.75) is 70.8 Å². The van der Waals surface area contributed by atoms with E-state index >= 15 is 0 Å². The van der Waals surface area contributed by atoms with E-state index in [4.69, 9.17) is 4.74 Å². The van der Waals surface area contributed by atoms with Crippen molar-refractivity contribution < 1.29 is 18.5 Å². The molecule has 1 N–H and O–H groups in total. The summed E-state index contributed by atoms with van der Waals surface area (Å²) in [5, 5.41) is 2.79. The second-order valence-corrected chi connectivity index (χ2v) is 10.1. The van der Waals surface area contributed by atoms with E-state index in [0.29, 0.717) is 25.3 Å². The molecule has 1 aliphatic heterocycles. The fraction of sp³-hybridized carbons (Fsp3) is 0.875. The van der Waals surface area contributed by atoms with E-state index in [0.717, 1.165) is 6.42 Å². The third-order valence-corrected chi connectivity index (χ3v) is 5.39. The van der Waals surface area contributed by atoms with Crippen LogP contribution >= 0.6 is 0 Å². The Kier molecular flexibility index (Phi) is 6.62. The maximum atomic E-state index is 12.3. The van der Waals surface area contributed by atoms with Gasteiger partial charge in [0.1, 0.15) is 11.6 Å². The Morgan fingerprint density at radius 1 is 1.22 bits per heavy atom. The van der Waals surface area contributed by atoms with Crippen molar-refractivity contribution >= 4 is 22.8 Å². The molecule has 23 heavy (non-hydrogen) atoms. The molecule has 0 saturated carbocycles. The first-order valence-electron chi connectivity index (χ1n) is 8.07. The van der Waals surface area contributed by atoms with Gasteiger partial charge in [-0.05, 0) is 54.4 Å². The highest BCUT2D eigenvalue weighted by Crippen LogP contribution is 2.21. The molecule has 0 aromatic rings. The Hall–Kier alpha value is -1.11. The summed E-state index contributed by atoms with van der Waals surface area (Å²) in [6.45, 7) is 12.0. The second-order valence-electron chi connectivity index (χ2n) is 7.78. The van der Waals surface area contributed by atoms with Gasteiger partial charge in [0.15, 0.2) is 0 Å². The summed E-state index contributed by atoms with van der Waals surface area (Å²) >= 11 is 0. The zero-order valence-corrected chi connectivity index (χ0v) is 15.9. The van der Waals surface area contributed by atoms with Gasteiger partial charge < -0.3 is 10.1 Å². The van der Waals surface area contributed by atoms with Crippen LogP contribution in [0.3, 0.4) is 0 Å². The summed E-state index contributed by atoms with van der Waals surface area (Å²) in [7, 11) is -1.01. The Morgan fingerprint density at radius 2 is 1.83 bits per heavy atom. The Bertz CT molecular complexity index is 466. The number of carbonyl (C=O) groups excluding carboxylic acids is 2. The van der Waals surface area contributed by atoms with E-state index in [9.17, 15) is 13.8 Å². The van der Waals surface area contributed by atoms with Crippen molar-refractivity contribution in [2.24, 2.45) is 0 Å². The average Bonchev–Trinajstić information content (AvgIpc) is 2.84. The normalized spacial score (nSPS) is 20.3. The zero-order chi connectivity index (χ0) is 17.8. The molecule has 1 aliphatic rings. The maximum absolute atomic E-state index is 12.3. The SMILES string of the molecule is CC(C)(C)OC(=O)N1CCCC1C(=O)NCCS(=O)C(C)(C)C. The molecule has 2 atom stereocenters. The van der Waals surface area contributed by atoms with E-state index in [1.807, 2.05) is 20.8 Å². The third-order valence-electron chi connectivity index (χ3n) is 3.45. The molecular formula is C16H30N2O4S. The van der Waals surface area contributed by atoms with Crippen molar-refractivity contribution in [3.63, 3.8) is 0 Å². The van der Waals surface area contributed by atoms with Crippen LogP contribution < -0.4 is 5.32 Å². The van der Waals surface area contributed by atoms with Crippen molar-refractivity contribution in [1.82, 2.24) is 10.2 Å². The molecule has 7 heteroatoms. The lowest BCUT2D eigenvalue weighted by Gasteiger charge is -2.28. The van der Waals surface area contributed by atoms with Crippen LogP contribution in [0.5, 0.6) is 0 Å². The highest BCUT2D eigenvalue weighted by molar-refractivity contribution is 7.86. The van der Waals surface area contributed by atoms with Crippen LogP contribution in [-0.4, -0.2) is 56.3 Å². The summed E-state index contributed by atoms with van der Waals surface area (Å²) in [5.74, 6) is 0.216. The largest absolute Gasteiger partial charge is 0.444 e. The van der Waals surface area contributed by atoms with E-state index in [-0.39, 0.29) is 10.7 Å². The lowest BCUT2D eigenvalue weighted by atomic mass is 10.2. The van der Waals surface area contributed by atoms with Gasteiger partial charge in [0.05, 0.1) is 0 Å². The molecule has 2 amide bonds. The van der Waals surface area contributed by atoms with Crippen molar-refractivity contribution in [3.8, 4) is 0 Å². The Labute approximate surface area is 141 Å². The summed E-state index contributed by atoms with van der Waals surface area (Å²) in [6.07, 6.45) is 0.965. The van der Waals surface area contributed by atoms with Gasteiger partial charge in [-0.2, -0.15) is 0 Å². The van der Waals surface area contributed by atoms with Crippen LogP contribution in [-0.2, 0) is 20.3 Å². The molecule has 0 bridgehead atoms. The fourth-order valence-corrected chi connectivity index (χ4v) is 3.17. The standard InChI is InChI=1S/C16H30N2O4S/c1-15(2,3)22-14(20)18-10-7-8-12(18)13(19)17-9-11-23(21)16(4,5)6/h12H,7-11H2,1-6H3,(H,17,19). The van der Waals surface area contributed by atoms with Crippen LogP contribution in [0.1, 0.15) is 54.4 Å². The summed E-state index contributed by atoms with van der Waals surface area (Å²) < 4.78 is 17.0. The minimum atomic E-state index is -1.01. The van der Waals surface area contributed by atoms with Crippen molar-refractivity contribution in [3.05, 3.63) is 0 Å². The number of likely N-dealkylation sites (tertiary alicyclic amines) is 1. The number of rotatable bonds is 4. The lowest BCUT2D eigenvalue weighted by molar-refractivity contribution is -0.125. The first kappa shape index (κ1) is 19.9. The van der Waals surface area contributed by atoms with Gasteiger partial charge in [-0.3, -0.25) is 13.9 Å². The Morgan fingerprint density at radius 3 is 2.35 bits per heavy atom. The molecule has 0 spiro atoms. The molecule has 134 valence electrons. The number of nitrogens with one attached hydrogen (secondary N) is 1. The molecule has 1 heterocycles. The average molecular weight is 346 g/mol. The maximum Gasteiger partial charge on any atom is 0.410 e. The molecule has 1 fully saturated rings. The van der Waals surface area contributed by atoms with E-state index in [1.54, 1.807) is 20.8 Å². The highest BCUT2D eigenvalue weighted by Gasteiger charge is 2.36. The monoisotopic (exact) mass is 346 g/mol. The van der Waals surface area contributed by atoms with E-state index in [1.165, 1.54) is 4.90 Å². The van der Waals surface area contributed by atoms with Gasteiger partial charge in [-0.1, -0.05) is 0 Å². The number of nitrogens with zero attached hydrogens (tertiary/aromatic N) is 1. The number of hydrogen-bond acceptors (Lipinski definition) is 4. The molecule has 6 nitrogen and oxygen atoms in total. The van der Waals surface area contributed by atoms with Gasteiger partial charge in [-0.25, -0.2) is 4.79 Å². The minimum Gasteiger partial charge on any atom is -0.444 e. The van der Waals surface area contributed by atoms with Crippen LogP contribution in [0.15, 0.2) is 0 Å². The van der Waals surface area contributed by atoms with Gasteiger partial charge in [0.2, 0.25) is 5.91 Å². The predicted molar refractivity (Wildman–Crippen MR) is 91.7 cm³/mol. The second kappa shape index (κ2) is 7.64. The molecule has 0 aromatic heterocycles. The van der Waals surface area contributed by atoms with Gasteiger partial charge in [0, 0.05) is 34.4 Å². The number of ether oxygens (including phenoxy) is 1. The van der Waals surface area contributed by atoms with E-state index < -0.39 is 28.5 Å². The zero-order valence-electron chi connectivity index (χ0n) is 15.1. The molecule has 0 radical (unpaired) electrons. The number of amides is 2. The smallest absolute Gasteiger partial charge is 0.410 e. The summed E-state index contributed by atoms with van der Waals surface area (Å²) in [6, 6.07) is -0.493. The molecule has 1 saturated heterocycles. The van der Waals surface area contributed by atoms with Gasteiger partial charge >= 0.3 is 6.09 Å². The van der Waals surface area contributed by atoms with Crippen LogP contribution in [0, 0.1) is 0 Å². The first-order valence-corrected chi connectivity index (χ1v) is 9.39. The third kappa shape index (κ3) is 6.49. The number of carbonyl (C=O) groups is 2. The minimum absolute atomic E-state index is 0.195. The van der Waals surface area contributed by atoms with Crippen molar-refractivity contribution in [1.29, 1.82) is 0 Å². The summed E-state index contributed by atoms with van der Waals surface area (Å²) in [5.41, 5.74) is -0.579. The Balaban J connectivity index is 2.52. The quantitative estimate of drug-likeness (QED) is 0.845. The summed E-state index contributed by atoms with van der Waals surface area (Å²) in [4.78, 5) is 25.9. The van der Waals surface area contributed by atoms with Crippen LogP contribution in [0.25, 0.3) is 0 Å². The number of hydrogen-bond donors (Lipinski definition) is 1. The molecule has 0 aliphatic carbocycles. The molecule has 1 rings (SSSR count). The van der Waals surface area contributed by atoms with Crippen LogP contribution in [0.4, 0.5) is 4.79 Å². The topological polar surface area (TPSA) is 75.7 Å². The van der Waals surface area contributed by atoms with Gasteiger partial charge in [0.25, 0.3) is 0 Å². The van der Waals surface area contributed by atoms with E-state index in [2.05, 4.69) is 5.32 Å². The molecular weight excluding hydrogens is 316 g/mol. The van der Waals surface area contributed by atoms with Crippen molar-refractivity contribution in [2.75, 3.05) is 18.8 Å². The fourth-order valence-electron chi connectivity index (χ4n) is 2.27. The lowest BCUT2D eigenvalue weighted by Crippen LogP contribution is -2.48. The van der Waals surface area contributed by atoms with Crippen LogP contribution in [0.2, 0.25) is 0 Å². The predicted octanol–water partition coefficient (Wildman–Crippen LogP) is 2.05. The first-order chi connectivity index (χ1) is 10.4.